The van der Waals surface area contributed by atoms with E-state index in [1.165, 1.54) is 18.2 Å². The second-order valence-corrected chi connectivity index (χ2v) is 6.08. The van der Waals surface area contributed by atoms with Crippen LogP contribution in [-0.2, 0) is 4.79 Å². The van der Waals surface area contributed by atoms with Crippen LogP contribution in [0.5, 0.6) is 5.75 Å². The molecular formula is C19H20FNO4. The van der Waals surface area contributed by atoms with Crippen molar-refractivity contribution in [3.63, 3.8) is 0 Å². The Kier molecular flexibility index (Phi) is 5.19. The molecule has 2 aromatic rings. The zero-order chi connectivity index (χ0) is 17.7. The normalized spacial score (nSPS) is 17.6. The van der Waals surface area contributed by atoms with Crippen LogP contribution in [0.25, 0.3) is 6.08 Å². The number of ether oxygens (including phenoxy) is 1. The van der Waals surface area contributed by atoms with Crippen LogP contribution < -0.4 is 4.74 Å². The number of nitrogens with zero attached hydrogens (tertiary/aromatic N) is 1. The number of hydrogen-bond donors (Lipinski definition) is 1. The summed E-state index contributed by atoms with van der Waals surface area (Å²) in [7, 11) is 0. The lowest BCUT2D eigenvalue weighted by Gasteiger charge is -2.38. The fraction of sp³-hybridized carbons (Fsp3) is 0.316. The van der Waals surface area contributed by atoms with E-state index in [0.717, 1.165) is 5.76 Å². The minimum Gasteiger partial charge on any atom is -0.478 e. The molecule has 1 saturated heterocycles. The molecule has 0 atom stereocenters. The topological polar surface area (TPSA) is 62.9 Å². The SMILES string of the molecule is O=C(O)C1(Oc2cccc(F)c2)CCN(C/C=C/c2ccco2)CC1. The molecule has 0 amide bonds. The molecule has 1 fully saturated rings. The van der Waals surface area contributed by atoms with Crippen LogP contribution in [0.15, 0.2) is 53.2 Å². The largest absolute Gasteiger partial charge is 0.478 e. The van der Waals surface area contributed by atoms with E-state index in [2.05, 4.69) is 4.90 Å². The molecule has 0 spiro atoms. The van der Waals surface area contributed by atoms with Crippen LogP contribution in [-0.4, -0.2) is 41.2 Å². The van der Waals surface area contributed by atoms with Crippen LogP contribution in [0.4, 0.5) is 4.39 Å². The number of rotatable bonds is 6. The van der Waals surface area contributed by atoms with Crippen molar-refractivity contribution >= 4 is 12.0 Å². The van der Waals surface area contributed by atoms with Crippen LogP contribution in [0.1, 0.15) is 18.6 Å². The highest BCUT2D eigenvalue weighted by Crippen LogP contribution is 2.29. The first-order valence-electron chi connectivity index (χ1n) is 8.18. The van der Waals surface area contributed by atoms with Gasteiger partial charge in [-0.3, -0.25) is 4.90 Å². The maximum absolute atomic E-state index is 13.3. The number of piperidine rings is 1. The van der Waals surface area contributed by atoms with E-state index >= 15 is 0 Å². The Labute approximate surface area is 145 Å². The van der Waals surface area contributed by atoms with E-state index in [0.29, 0.717) is 32.5 Å². The van der Waals surface area contributed by atoms with Gasteiger partial charge < -0.3 is 14.3 Å². The van der Waals surface area contributed by atoms with Crippen LogP contribution in [0.2, 0.25) is 0 Å². The summed E-state index contributed by atoms with van der Waals surface area (Å²) >= 11 is 0. The number of halogens is 1. The number of hydrogen-bond acceptors (Lipinski definition) is 4. The zero-order valence-electron chi connectivity index (χ0n) is 13.7. The molecule has 0 aliphatic carbocycles. The fourth-order valence-electron chi connectivity index (χ4n) is 2.92. The third kappa shape index (κ3) is 4.28. The van der Waals surface area contributed by atoms with Crippen molar-refractivity contribution in [3.05, 3.63) is 60.3 Å². The Hall–Kier alpha value is -2.60. The van der Waals surface area contributed by atoms with Crippen LogP contribution in [0.3, 0.4) is 0 Å². The van der Waals surface area contributed by atoms with E-state index in [9.17, 15) is 14.3 Å². The first-order valence-corrected chi connectivity index (χ1v) is 8.18. The second kappa shape index (κ2) is 7.53. The standard InChI is InChI=1S/C19H20FNO4/c20-15-4-1-5-17(14-15)25-19(18(22)23)8-11-21(12-9-19)10-2-6-16-7-3-13-24-16/h1-7,13-14H,8-12H2,(H,22,23)/b6-2+. The van der Waals surface area contributed by atoms with Gasteiger partial charge in [0.05, 0.1) is 6.26 Å². The molecule has 1 N–H and O–H groups in total. The van der Waals surface area contributed by atoms with E-state index in [-0.39, 0.29) is 5.75 Å². The molecule has 6 heteroatoms. The number of carbonyl (C=O) groups is 1. The highest BCUT2D eigenvalue weighted by atomic mass is 19.1. The van der Waals surface area contributed by atoms with Gasteiger partial charge >= 0.3 is 5.97 Å². The Morgan fingerprint density at radius 2 is 2.12 bits per heavy atom. The van der Waals surface area contributed by atoms with Gasteiger partial charge in [-0.1, -0.05) is 12.1 Å². The van der Waals surface area contributed by atoms with E-state index in [1.807, 2.05) is 24.3 Å². The molecule has 3 rings (SSSR count). The lowest BCUT2D eigenvalue weighted by atomic mass is 9.91. The maximum atomic E-state index is 13.3. The fourth-order valence-corrected chi connectivity index (χ4v) is 2.92. The smallest absolute Gasteiger partial charge is 0.348 e. The Balaban J connectivity index is 1.59. The number of likely N-dealkylation sites (tertiary alicyclic amines) is 1. The molecule has 5 nitrogen and oxygen atoms in total. The lowest BCUT2D eigenvalue weighted by molar-refractivity contribution is -0.159. The van der Waals surface area contributed by atoms with Crippen molar-refractivity contribution < 1.29 is 23.4 Å². The molecule has 1 aromatic carbocycles. The van der Waals surface area contributed by atoms with Gasteiger partial charge in [0.15, 0.2) is 0 Å². The molecule has 1 aliphatic heterocycles. The van der Waals surface area contributed by atoms with Crippen molar-refractivity contribution in [2.45, 2.75) is 18.4 Å². The van der Waals surface area contributed by atoms with Gasteiger partial charge in [-0.05, 0) is 30.3 Å². The third-order valence-electron chi connectivity index (χ3n) is 4.35. The second-order valence-electron chi connectivity index (χ2n) is 6.08. The molecule has 0 saturated carbocycles. The maximum Gasteiger partial charge on any atom is 0.348 e. The quantitative estimate of drug-likeness (QED) is 0.869. The van der Waals surface area contributed by atoms with Gasteiger partial charge in [-0.25, -0.2) is 9.18 Å². The summed E-state index contributed by atoms with van der Waals surface area (Å²) < 4.78 is 24.2. The van der Waals surface area contributed by atoms with Gasteiger partial charge in [0.2, 0.25) is 5.60 Å². The van der Waals surface area contributed by atoms with Gasteiger partial charge in [0.25, 0.3) is 0 Å². The van der Waals surface area contributed by atoms with Crippen molar-refractivity contribution in [1.82, 2.24) is 4.90 Å². The molecule has 2 heterocycles. The Morgan fingerprint density at radius 1 is 1.32 bits per heavy atom. The first-order chi connectivity index (χ1) is 12.1. The third-order valence-corrected chi connectivity index (χ3v) is 4.35. The van der Waals surface area contributed by atoms with Gasteiger partial charge in [-0.2, -0.15) is 0 Å². The molecule has 25 heavy (non-hydrogen) atoms. The number of aliphatic carboxylic acids is 1. The highest BCUT2D eigenvalue weighted by Gasteiger charge is 2.43. The average Bonchev–Trinajstić information content (AvgIpc) is 3.10. The van der Waals surface area contributed by atoms with E-state index < -0.39 is 17.4 Å². The summed E-state index contributed by atoms with van der Waals surface area (Å²) in [4.78, 5) is 13.9. The molecule has 0 radical (unpaired) electrons. The van der Waals surface area contributed by atoms with Crippen molar-refractivity contribution in [1.29, 1.82) is 0 Å². The number of carboxylic acids is 1. The number of carboxylic acid groups (broad SMARTS) is 1. The van der Waals surface area contributed by atoms with Gasteiger partial charge in [0.1, 0.15) is 17.3 Å². The number of benzene rings is 1. The monoisotopic (exact) mass is 345 g/mol. The van der Waals surface area contributed by atoms with Crippen molar-refractivity contribution in [2.24, 2.45) is 0 Å². The lowest BCUT2D eigenvalue weighted by Crippen LogP contribution is -2.53. The summed E-state index contributed by atoms with van der Waals surface area (Å²) in [5.74, 6) is -0.430. The summed E-state index contributed by atoms with van der Waals surface area (Å²) in [6.45, 7) is 1.88. The molecule has 0 bridgehead atoms. The number of furan rings is 1. The van der Waals surface area contributed by atoms with E-state index in [4.69, 9.17) is 9.15 Å². The van der Waals surface area contributed by atoms with Crippen molar-refractivity contribution in [2.75, 3.05) is 19.6 Å². The van der Waals surface area contributed by atoms with Gasteiger partial charge in [-0.15, -0.1) is 0 Å². The van der Waals surface area contributed by atoms with Gasteiger partial charge in [0, 0.05) is 38.5 Å². The summed E-state index contributed by atoms with van der Waals surface area (Å²) in [6, 6.07) is 9.29. The Bertz CT molecular complexity index is 734. The highest BCUT2D eigenvalue weighted by molar-refractivity contribution is 5.78. The summed E-state index contributed by atoms with van der Waals surface area (Å²) in [5, 5.41) is 9.64. The predicted molar refractivity (Wildman–Crippen MR) is 90.8 cm³/mol. The molecule has 1 aromatic heterocycles. The molecular weight excluding hydrogens is 325 g/mol. The van der Waals surface area contributed by atoms with E-state index in [1.54, 1.807) is 12.3 Å². The summed E-state index contributed by atoms with van der Waals surface area (Å²) in [6.07, 6.45) is 6.18. The first kappa shape index (κ1) is 17.2. The van der Waals surface area contributed by atoms with Crippen LogP contribution in [0, 0.1) is 5.82 Å². The average molecular weight is 345 g/mol. The van der Waals surface area contributed by atoms with Crippen molar-refractivity contribution in [3.8, 4) is 5.75 Å². The minimum atomic E-state index is -1.31. The summed E-state index contributed by atoms with van der Waals surface area (Å²) in [5.41, 5.74) is -1.31. The Morgan fingerprint density at radius 3 is 2.76 bits per heavy atom. The van der Waals surface area contributed by atoms with Crippen LogP contribution >= 0.6 is 0 Å². The zero-order valence-corrected chi connectivity index (χ0v) is 13.7. The predicted octanol–water partition coefficient (Wildman–Crippen LogP) is 3.43. The molecule has 132 valence electrons. The minimum absolute atomic E-state index is 0.244. The molecule has 1 aliphatic rings. The molecule has 0 unspecified atom stereocenters.